The van der Waals surface area contributed by atoms with Gasteiger partial charge in [-0.25, -0.2) is 8.78 Å². The van der Waals surface area contributed by atoms with Crippen molar-refractivity contribution >= 4 is 5.69 Å². The van der Waals surface area contributed by atoms with Crippen LogP contribution in [0.3, 0.4) is 0 Å². The van der Waals surface area contributed by atoms with E-state index in [1.165, 1.54) is 36.4 Å². The van der Waals surface area contributed by atoms with Gasteiger partial charge in [-0.15, -0.1) is 0 Å². The zero-order valence-electron chi connectivity index (χ0n) is 11.1. The summed E-state index contributed by atoms with van der Waals surface area (Å²) in [5.74, 6) is -2.10. The minimum absolute atomic E-state index is 0.111. The first kappa shape index (κ1) is 14.9. The molecule has 0 atom stereocenters. The third kappa shape index (κ3) is 3.51. The molecule has 0 heterocycles. The van der Waals surface area contributed by atoms with Crippen LogP contribution in [0.1, 0.15) is 5.56 Å². The topological polar surface area (TPSA) is 64.4 Å². The van der Waals surface area contributed by atoms with Crippen molar-refractivity contribution in [3.05, 3.63) is 63.7 Å². The molecular formula is C14H12F2N2O3. The Morgan fingerprint density at radius 2 is 1.76 bits per heavy atom. The molecular weight excluding hydrogens is 282 g/mol. The van der Waals surface area contributed by atoms with Gasteiger partial charge in [-0.2, -0.15) is 0 Å². The molecule has 2 rings (SSSR count). The van der Waals surface area contributed by atoms with E-state index in [0.29, 0.717) is 12.1 Å². The monoisotopic (exact) mass is 294 g/mol. The minimum Gasteiger partial charge on any atom is -0.451 e. The highest BCUT2D eigenvalue weighted by Crippen LogP contribution is 2.29. The van der Waals surface area contributed by atoms with E-state index in [0.717, 1.165) is 0 Å². The SMILES string of the molecule is CNCc1cc(F)c(Oc2ccc([N+](=O)[O-])cc2)c(F)c1. The summed E-state index contributed by atoms with van der Waals surface area (Å²) in [6.45, 7) is 0.325. The molecule has 0 fully saturated rings. The van der Waals surface area contributed by atoms with Gasteiger partial charge in [0.25, 0.3) is 5.69 Å². The van der Waals surface area contributed by atoms with Crippen LogP contribution in [0.4, 0.5) is 14.5 Å². The van der Waals surface area contributed by atoms with E-state index in [1.807, 2.05) is 0 Å². The first-order chi connectivity index (χ1) is 10.0. The smallest absolute Gasteiger partial charge is 0.269 e. The average Bonchev–Trinajstić information content (AvgIpc) is 2.44. The van der Waals surface area contributed by atoms with Gasteiger partial charge in [-0.1, -0.05) is 0 Å². The number of hydrogen-bond acceptors (Lipinski definition) is 4. The maximum atomic E-state index is 13.8. The number of nitro groups is 1. The quantitative estimate of drug-likeness (QED) is 0.678. The number of halogens is 2. The lowest BCUT2D eigenvalue weighted by atomic mass is 10.2. The Kier molecular flexibility index (Phi) is 4.44. The highest BCUT2D eigenvalue weighted by molar-refractivity contribution is 5.40. The van der Waals surface area contributed by atoms with Crippen molar-refractivity contribution < 1.29 is 18.4 Å². The Hall–Kier alpha value is -2.54. The van der Waals surface area contributed by atoms with E-state index in [2.05, 4.69) is 5.32 Å². The largest absolute Gasteiger partial charge is 0.451 e. The number of rotatable bonds is 5. The van der Waals surface area contributed by atoms with E-state index in [-0.39, 0.29) is 11.4 Å². The first-order valence-electron chi connectivity index (χ1n) is 6.06. The van der Waals surface area contributed by atoms with Gasteiger partial charge in [-0.3, -0.25) is 10.1 Å². The number of nitrogens with one attached hydrogen (secondary N) is 1. The van der Waals surface area contributed by atoms with Gasteiger partial charge in [0.05, 0.1) is 4.92 Å². The van der Waals surface area contributed by atoms with Crippen LogP contribution in [0.25, 0.3) is 0 Å². The molecule has 0 radical (unpaired) electrons. The number of nitro benzene ring substituents is 1. The summed E-state index contributed by atoms with van der Waals surface area (Å²) in [6.07, 6.45) is 0. The van der Waals surface area contributed by atoms with Crippen molar-refractivity contribution in [2.75, 3.05) is 7.05 Å². The van der Waals surface area contributed by atoms with E-state index >= 15 is 0 Å². The molecule has 0 aliphatic carbocycles. The van der Waals surface area contributed by atoms with Gasteiger partial charge in [0.1, 0.15) is 5.75 Å². The van der Waals surface area contributed by atoms with Gasteiger partial charge >= 0.3 is 0 Å². The Bertz CT molecular complexity index is 637. The summed E-state index contributed by atoms with van der Waals surface area (Å²) < 4.78 is 32.8. The van der Waals surface area contributed by atoms with Crippen LogP contribution < -0.4 is 10.1 Å². The summed E-state index contributed by atoms with van der Waals surface area (Å²) in [6, 6.07) is 7.28. The number of non-ortho nitro benzene ring substituents is 1. The van der Waals surface area contributed by atoms with Crippen molar-refractivity contribution in [2.24, 2.45) is 0 Å². The minimum atomic E-state index is -0.835. The van der Waals surface area contributed by atoms with Crippen molar-refractivity contribution in [3.63, 3.8) is 0 Å². The van der Waals surface area contributed by atoms with Gasteiger partial charge in [0, 0.05) is 18.7 Å². The van der Waals surface area contributed by atoms with Crippen LogP contribution in [-0.2, 0) is 6.54 Å². The fourth-order valence-corrected chi connectivity index (χ4v) is 1.77. The molecule has 0 unspecified atom stereocenters. The van der Waals surface area contributed by atoms with Crippen LogP contribution in [0.2, 0.25) is 0 Å². The van der Waals surface area contributed by atoms with Gasteiger partial charge in [0.2, 0.25) is 0 Å². The fraction of sp³-hybridized carbons (Fsp3) is 0.143. The van der Waals surface area contributed by atoms with Crippen LogP contribution in [0.15, 0.2) is 36.4 Å². The summed E-state index contributed by atoms with van der Waals surface area (Å²) in [7, 11) is 1.66. The molecule has 0 aromatic heterocycles. The molecule has 0 spiro atoms. The summed E-state index contributed by atoms with van der Waals surface area (Å²) in [5.41, 5.74) is 0.316. The van der Waals surface area contributed by atoms with Crippen LogP contribution >= 0.6 is 0 Å². The first-order valence-corrected chi connectivity index (χ1v) is 6.06. The molecule has 0 saturated heterocycles. The third-order valence-electron chi connectivity index (χ3n) is 2.71. The molecule has 2 aromatic carbocycles. The third-order valence-corrected chi connectivity index (χ3v) is 2.71. The molecule has 0 amide bonds. The maximum absolute atomic E-state index is 13.8. The molecule has 1 N–H and O–H groups in total. The maximum Gasteiger partial charge on any atom is 0.269 e. The van der Waals surface area contributed by atoms with Crippen molar-refractivity contribution in [3.8, 4) is 11.5 Å². The van der Waals surface area contributed by atoms with Gasteiger partial charge in [0.15, 0.2) is 17.4 Å². The van der Waals surface area contributed by atoms with E-state index in [1.54, 1.807) is 7.05 Å². The Labute approximate surface area is 119 Å². The fourth-order valence-electron chi connectivity index (χ4n) is 1.77. The van der Waals surface area contributed by atoms with Gasteiger partial charge < -0.3 is 10.1 Å². The number of benzene rings is 2. The highest BCUT2D eigenvalue weighted by Gasteiger charge is 2.14. The van der Waals surface area contributed by atoms with E-state index in [9.17, 15) is 18.9 Å². The number of nitrogens with zero attached hydrogens (tertiary/aromatic N) is 1. The predicted molar refractivity (Wildman–Crippen MR) is 72.3 cm³/mol. The molecule has 21 heavy (non-hydrogen) atoms. The lowest BCUT2D eigenvalue weighted by molar-refractivity contribution is -0.384. The van der Waals surface area contributed by atoms with Crippen LogP contribution in [-0.4, -0.2) is 12.0 Å². The number of hydrogen-bond donors (Lipinski definition) is 1. The van der Waals surface area contributed by atoms with Crippen molar-refractivity contribution in [1.29, 1.82) is 0 Å². The van der Waals surface area contributed by atoms with Crippen molar-refractivity contribution in [1.82, 2.24) is 5.32 Å². The Morgan fingerprint density at radius 3 is 2.24 bits per heavy atom. The average molecular weight is 294 g/mol. The molecule has 5 nitrogen and oxygen atoms in total. The van der Waals surface area contributed by atoms with Gasteiger partial charge in [-0.05, 0) is 36.9 Å². The highest BCUT2D eigenvalue weighted by atomic mass is 19.1. The lowest BCUT2D eigenvalue weighted by Crippen LogP contribution is -2.06. The van der Waals surface area contributed by atoms with E-state index < -0.39 is 22.3 Å². The molecule has 0 saturated carbocycles. The normalized spacial score (nSPS) is 10.4. The van der Waals surface area contributed by atoms with Crippen molar-refractivity contribution in [2.45, 2.75) is 6.54 Å². The number of ether oxygens (including phenoxy) is 1. The standard InChI is InChI=1S/C14H12F2N2O3/c1-17-8-9-6-12(15)14(13(16)7-9)21-11-4-2-10(3-5-11)18(19)20/h2-7,17H,8H2,1H3. The lowest BCUT2D eigenvalue weighted by Gasteiger charge is -2.09. The van der Waals surface area contributed by atoms with Crippen LogP contribution in [0.5, 0.6) is 11.5 Å². The zero-order chi connectivity index (χ0) is 15.4. The Morgan fingerprint density at radius 1 is 1.19 bits per heavy atom. The second-order valence-electron chi connectivity index (χ2n) is 4.27. The summed E-state index contributed by atoms with van der Waals surface area (Å²) in [5, 5.41) is 13.3. The second-order valence-corrected chi connectivity index (χ2v) is 4.27. The predicted octanol–water partition coefficient (Wildman–Crippen LogP) is 3.38. The summed E-state index contributed by atoms with van der Waals surface area (Å²) >= 11 is 0. The second kappa shape index (κ2) is 6.27. The Balaban J connectivity index is 2.24. The molecule has 0 aliphatic heterocycles. The molecule has 7 heteroatoms. The summed E-state index contributed by atoms with van der Waals surface area (Å²) in [4.78, 5) is 9.94. The molecule has 110 valence electrons. The molecule has 0 aliphatic rings. The zero-order valence-corrected chi connectivity index (χ0v) is 11.1. The van der Waals surface area contributed by atoms with E-state index in [4.69, 9.17) is 4.74 Å². The molecule has 0 bridgehead atoms. The molecule has 2 aromatic rings. The van der Waals surface area contributed by atoms with Crippen LogP contribution in [0, 0.1) is 21.7 Å².